The fourth-order valence-electron chi connectivity index (χ4n) is 3.29. The van der Waals surface area contributed by atoms with Crippen LogP contribution in [0.25, 0.3) is 11.2 Å². The molecule has 3 aromatic rings. The first kappa shape index (κ1) is 15.9. The number of fused-ring (bicyclic) bond motifs is 2. The summed E-state index contributed by atoms with van der Waals surface area (Å²) in [5, 5.41) is 8.19. The van der Waals surface area contributed by atoms with Gasteiger partial charge in [0.05, 0.1) is 12.9 Å². The Morgan fingerprint density at radius 3 is 3.12 bits per heavy atom. The van der Waals surface area contributed by atoms with E-state index in [0.29, 0.717) is 17.4 Å². The van der Waals surface area contributed by atoms with E-state index in [-0.39, 0.29) is 0 Å². The van der Waals surface area contributed by atoms with Crippen molar-refractivity contribution in [1.82, 2.24) is 39.6 Å². The lowest BCUT2D eigenvalue weighted by Gasteiger charge is -2.23. The molecule has 0 amide bonds. The lowest BCUT2D eigenvalue weighted by Crippen LogP contribution is -2.38. The molecule has 0 fully saturated rings. The smallest absolute Gasteiger partial charge is 0.165 e. The second-order valence-corrected chi connectivity index (χ2v) is 6.39. The SMILES string of the molecule is CCc1nc2n(n1)CC(NCCCn1cnc3c(N)ncnc31)CC2. The van der Waals surface area contributed by atoms with Gasteiger partial charge in [0.2, 0.25) is 0 Å². The molecule has 0 radical (unpaired) electrons. The maximum Gasteiger partial charge on any atom is 0.165 e. The van der Waals surface area contributed by atoms with Gasteiger partial charge in [-0.05, 0) is 19.4 Å². The van der Waals surface area contributed by atoms with Gasteiger partial charge in [0.15, 0.2) is 17.3 Å². The molecule has 0 saturated carbocycles. The van der Waals surface area contributed by atoms with E-state index in [1.807, 2.05) is 4.57 Å². The van der Waals surface area contributed by atoms with Crippen molar-refractivity contribution >= 4 is 17.0 Å². The molecule has 4 rings (SSSR count). The third-order valence-corrected chi connectivity index (χ3v) is 4.66. The van der Waals surface area contributed by atoms with Crippen LogP contribution in [-0.4, -0.2) is 46.9 Å². The number of hydrogen-bond donors (Lipinski definition) is 2. The summed E-state index contributed by atoms with van der Waals surface area (Å²) in [6, 6.07) is 0.455. The third kappa shape index (κ3) is 3.19. The molecular weight excluding hydrogens is 318 g/mol. The van der Waals surface area contributed by atoms with Gasteiger partial charge in [-0.3, -0.25) is 0 Å². The van der Waals surface area contributed by atoms with Gasteiger partial charge in [0.25, 0.3) is 0 Å². The Bertz CT molecular complexity index is 866. The highest BCUT2D eigenvalue weighted by molar-refractivity contribution is 5.80. The lowest BCUT2D eigenvalue weighted by atomic mass is 10.1. The number of aromatic nitrogens is 7. The average Bonchev–Trinajstić information content (AvgIpc) is 3.23. The molecule has 4 heterocycles. The molecule has 0 saturated heterocycles. The van der Waals surface area contributed by atoms with Crippen molar-refractivity contribution in [2.75, 3.05) is 12.3 Å². The van der Waals surface area contributed by atoms with E-state index in [9.17, 15) is 0 Å². The molecule has 0 bridgehead atoms. The van der Waals surface area contributed by atoms with Crippen molar-refractivity contribution in [3.63, 3.8) is 0 Å². The molecule has 1 aliphatic heterocycles. The van der Waals surface area contributed by atoms with Crippen molar-refractivity contribution in [1.29, 1.82) is 0 Å². The molecule has 1 unspecified atom stereocenters. The van der Waals surface area contributed by atoms with Gasteiger partial charge in [0.1, 0.15) is 17.7 Å². The van der Waals surface area contributed by atoms with Crippen LogP contribution in [0.2, 0.25) is 0 Å². The second-order valence-electron chi connectivity index (χ2n) is 6.39. The maximum absolute atomic E-state index is 5.82. The normalized spacial score (nSPS) is 17.1. The van der Waals surface area contributed by atoms with Crippen molar-refractivity contribution in [3.05, 3.63) is 24.3 Å². The number of nitrogens with one attached hydrogen (secondary N) is 1. The van der Waals surface area contributed by atoms with E-state index in [0.717, 1.165) is 62.6 Å². The molecule has 3 N–H and O–H groups in total. The van der Waals surface area contributed by atoms with Crippen molar-refractivity contribution < 1.29 is 0 Å². The summed E-state index contributed by atoms with van der Waals surface area (Å²) in [6.07, 6.45) is 7.26. The summed E-state index contributed by atoms with van der Waals surface area (Å²) in [4.78, 5) is 17.1. The minimum Gasteiger partial charge on any atom is -0.382 e. The first-order valence-corrected chi connectivity index (χ1v) is 8.82. The Balaban J connectivity index is 1.29. The summed E-state index contributed by atoms with van der Waals surface area (Å²) < 4.78 is 4.09. The van der Waals surface area contributed by atoms with Crippen LogP contribution in [0.4, 0.5) is 5.82 Å². The van der Waals surface area contributed by atoms with Crippen LogP contribution in [0.1, 0.15) is 31.4 Å². The first-order chi connectivity index (χ1) is 12.2. The van der Waals surface area contributed by atoms with Gasteiger partial charge in [0, 0.05) is 25.4 Å². The molecule has 3 aromatic heterocycles. The number of hydrogen-bond acceptors (Lipinski definition) is 7. The van der Waals surface area contributed by atoms with Gasteiger partial charge < -0.3 is 15.6 Å². The third-order valence-electron chi connectivity index (χ3n) is 4.66. The van der Waals surface area contributed by atoms with E-state index in [1.54, 1.807) is 6.33 Å². The molecule has 0 aliphatic carbocycles. The van der Waals surface area contributed by atoms with Gasteiger partial charge in [-0.2, -0.15) is 5.10 Å². The Labute approximate surface area is 145 Å². The van der Waals surface area contributed by atoms with Crippen molar-refractivity contribution in [3.8, 4) is 0 Å². The Kier molecular flexibility index (Phi) is 4.31. The van der Waals surface area contributed by atoms with E-state index >= 15 is 0 Å². The topological polar surface area (TPSA) is 112 Å². The Morgan fingerprint density at radius 2 is 2.24 bits per heavy atom. The number of nitrogens with two attached hydrogens (primary N) is 1. The Morgan fingerprint density at radius 1 is 1.32 bits per heavy atom. The number of anilines is 1. The van der Waals surface area contributed by atoms with Gasteiger partial charge >= 0.3 is 0 Å². The van der Waals surface area contributed by atoms with Crippen LogP contribution in [0.5, 0.6) is 0 Å². The van der Waals surface area contributed by atoms with Crippen LogP contribution in [-0.2, 0) is 25.9 Å². The van der Waals surface area contributed by atoms with Crippen molar-refractivity contribution in [2.45, 2.75) is 51.7 Å². The number of rotatable bonds is 6. The van der Waals surface area contributed by atoms with E-state index < -0.39 is 0 Å². The molecule has 132 valence electrons. The molecule has 1 atom stereocenters. The highest BCUT2D eigenvalue weighted by atomic mass is 15.4. The second kappa shape index (κ2) is 6.75. The fraction of sp³-hybridized carbons (Fsp3) is 0.562. The molecule has 25 heavy (non-hydrogen) atoms. The predicted molar refractivity (Wildman–Crippen MR) is 93.9 cm³/mol. The standard InChI is InChI=1S/C16H23N9/c1-2-12-22-13-5-4-11(8-25(13)23-12)18-6-3-7-24-10-21-14-15(17)19-9-20-16(14)24/h9-11,18H,2-8H2,1H3,(H2,17,19,20). The van der Waals surface area contributed by atoms with Crippen LogP contribution >= 0.6 is 0 Å². The molecule has 9 heteroatoms. The highest BCUT2D eigenvalue weighted by Gasteiger charge is 2.20. The molecular formula is C16H23N9. The molecule has 1 aliphatic rings. The highest BCUT2D eigenvalue weighted by Crippen LogP contribution is 2.15. The predicted octanol–water partition coefficient (Wildman–Crippen LogP) is 0.557. The first-order valence-electron chi connectivity index (χ1n) is 8.82. The van der Waals surface area contributed by atoms with Crippen LogP contribution in [0.3, 0.4) is 0 Å². The fourth-order valence-corrected chi connectivity index (χ4v) is 3.29. The van der Waals surface area contributed by atoms with Gasteiger partial charge in [-0.1, -0.05) is 6.92 Å². The van der Waals surface area contributed by atoms with Crippen molar-refractivity contribution in [2.24, 2.45) is 0 Å². The van der Waals surface area contributed by atoms with E-state index in [2.05, 4.69) is 42.0 Å². The zero-order chi connectivity index (χ0) is 17.2. The number of nitrogens with zero attached hydrogens (tertiary/aromatic N) is 7. The zero-order valence-electron chi connectivity index (χ0n) is 14.4. The summed E-state index contributed by atoms with van der Waals surface area (Å²) in [6.45, 7) is 4.78. The number of aryl methyl sites for hydroxylation is 3. The van der Waals surface area contributed by atoms with Crippen LogP contribution in [0.15, 0.2) is 12.7 Å². The van der Waals surface area contributed by atoms with Crippen LogP contribution < -0.4 is 11.1 Å². The lowest BCUT2D eigenvalue weighted by molar-refractivity contribution is 0.355. The summed E-state index contributed by atoms with van der Waals surface area (Å²) >= 11 is 0. The zero-order valence-corrected chi connectivity index (χ0v) is 14.4. The largest absolute Gasteiger partial charge is 0.382 e. The van der Waals surface area contributed by atoms with Crippen LogP contribution in [0, 0.1) is 0 Å². The van der Waals surface area contributed by atoms with Gasteiger partial charge in [-0.25, -0.2) is 24.6 Å². The van der Waals surface area contributed by atoms with E-state index in [4.69, 9.17) is 5.73 Å². The summed E-state index contributed by atoms with van der Waals surface area (Å²) in [5.41, 5.74) is 7.29. The molecule has 9 nitrogen and oxygen atoms in total. The summed E-state index contributed by atoms with van der Waals surface area (Å²) in [5.74, 6) is 2.50. The number of imidazole rings is 1. The molecule has 0 aromatic carbocycles. The quantitative estimate of drug-likeness (QED) is 0.630. The summed E-state index contributed by atoms with van der Waals surface area (Å²) in [7, 11) is 0. The number of nitrogen functional groups attached to an aromatic ring is 1. The van der Waals surface area contributed by atoms with Gasteiger partial charge in [-0.15, -0.1) is 0 Å². The van der Waals surface area contributed by atoms with E-state index in [1.165, 1.54) is 6.33 Å². The average molecular weight is 341 g/mol. The maximum atomic E-state index is 5.82. The molecule has 0 spiro atoms. The Hall–Kier alpha value is -2.55. The monoisotopic (exact) mass is 341 g/mol. The minimum absolute atomic E-state index is 0.430. The minimum atomic E-state index is 0.430.